The second-order valence-corrected chi connectivity index (χ2v) is 4.84. The average molecular weight is 199 g/mol. The van der Waals surface area contributed by atoms with Gasteiger partial charge in [-0.1, -0.05) is 32.6 Å². The van der Waals surface area contributed by atoms with E-state index >= 15 is 0 Å². The molecule has 1 aliphatic carbocycles. The van der Waals surface area contributed by atoms with Crippen LogP contribution in [0, 0.1) is 0 Å². The van der Waals surface area contributed by atoms with E-state index in [4.69, 9.17) is 0 Å². The molecule has 0 aromatic heterocycles. The molecule has 2 heteroatoms. The molecular weight excluding hydrogens is 174 g/mol. The first-order valence-electron chi connectivity index (χ1n) is 5.99. The second-order valence-electron chi connectivity index (χ2n) is 4.84. The van der Waals surface area contributed by atoms with E-state index in [1.165, 1.54) is 25.7 Å². The van der Waals surface area contributed by atoms with Crippen LogP contribution in [0.2, 0.25) is 0 Å². The lowest BCUT2D eigenvalue weighted by atomic mass is 9.82. The highest BCUT2D eigenvalue weighted by Gasteiger charge is 2.38. The predicted octanol–water partition coefficient (Wildman–Crippen LogP) is 2.41. The largest absolute Gasteiger partial charge is 0.391 e. The van der Waals surface area contributed by atoms with Gasteiger partial charge in [-0.15, -0.1) is 0 Å². The van der Waals surface area contributed by atoms with Crippen molar-refractivity contribution >= 4 is 0 Å². The molecule has 1 N–H and O–H groups in total. The van der Waals surface area contributed by atoms with Crippen LogP contribution in [0.3, 0.4) is 0 Å². The molecule has 84 valence electrons. The van der Waals surface area contributed by atoms with Crippen molar-refractivity contribution in [3.05, 3.63) is 0 Å². The number of aliphatic hydroxyl groups is 1. The van der Waals surface area contributed by atoms with Crippen LogP contribution in [-0.2, 0) is 0 Å². The fourth-order valence-corrected chi connectivity index (χ4v) is 2.80. The molecule has 0 aromatic carbocycles. The van der Waals surface area contributed by atoms with E-state index in [-0.39, 0.29) is 11.6 Å². The van der Waals surface area contributed by atoms with Crippen LogP contribution in [0.25, 0.3) is 0 Å². The summed E-state index contributed by atoms with van der Waals surface area (Å²) >= 11 is 0. The van der Waals surface area contributed by atoms with Crippen molar-refractivity contribution in [2.75, 3.05) is 14.1 Å². The number of hydrogen-bond acceptors (Lipinski definition) is 2. The SMILES string of the molecule is CCC(O)C1(N(C)C)CCCCCC1. The molecule has 0 spiro atoms. The Labute approximate surface area is 88.3 Å². The molecule has 14 heavy (non-hydrogen) atoms. The minimum atomic E-state index is -0.157. The van der Waals surface area contributed by atoms with E-state index in [1.807, 2.05) is 0 Å². The van der Waals surface area contributed by atoms with Gasteiger partial charge in [0.15, 0.2) is 0 Å². The summed E-state index contributed by atoms with van der Waals surface area (Å²) in [5.41, 5.74) is 0.0608. The fourth-order valence-electron chi connectivity index (χ4n) is 2.80. The van der Waals surface area contributed by atoms with Gasteiger partial charge >= 0.3 is 0 Å². The van der Waals surface area contributed by atoms with Gasteiger partial charge < -0.3 is 10.0 Å². The van der Waals surface area contributed by atoms with Crippen molar-refractivity contribution in [3.8, 4) is 0 Å². The number of aliphatic hydroxyl groups excluding tert-OH is 1. The molecule has 0 heterocycles. The van der Waals surface area contributed by atoms with Gasteiger partial charge in [0.1, 0.15) is 0 Å². The Morgan fingerprint density at radius 3 is 2.00 bits per heavy atom. The Morgan fingerprint density at radius 2 is 1.64 bits per heavy atom. The molecule has 1 aliphatic rings. The number of rotatable bonds is 3. The molecule has 0 bridgehead atoms. The van der Waals surface area contributed by atoms with E-state index in [0.29, 0.717) is 0 Å². The van der Waals surface area contributed by atoms with Crippen molar-refractivity contribution in [3.63, 3.8) is 0 Å². The van der Waals surface area contributed by atoms with Gasteiger partial charge in [0.2, 0.25) is 0 Å². The molecule has 1 unspecified atom stereocenters. The summed E-state index contributed by atoms with van der Waals surface area (Å²) in [5, 5.41) is 10.2. The smallest absolute Gasteiger partial charge is 0.0721 e. The lowest BCUT2D eigenvalue weighted by Gasteiger charge is -2.43. The fraction of sp³-hybridized carbons (Fsp3) is 1.00. The van der Waals surface area contributed by atoms with E-state index in [2.05, 4.69) is 25.9 Å². The van der Waals surface area contributed by atoms with Crippen molar-refractivity contribution in [2.45, 2.75) is 63.5 Å². The molecule has 1 rings (SSSR count). The van der Waals surface area contributed by atoms with Crippen molar-refractivity contribution < 1.29 is 5.11 Å². The maximum absolute atomic E-state index is 10.2. The zero-order chi connectivity index (χ0) is 10.6. The van der Waals surface area contributed by atoms with Gasteiger partial charge in [-0.25, -0.2) is 0 Å². The third kappa shape index (κ3) is 2.29. The van der Waals surface area contributed by atoms with E-state index in [0.717, 1.165) is 19.3 Å². The molecule has 0 saturated heterocycles. The maximum Gasteiger partial charge on any atom is 0.0721 e. The maximum atomic E-state index is 10.2. The highest BCUT2D eigenvalue weighted by atomic mass is 16.3. The minimum absolute atomic E-state index is 0.0608. The molecule has 1 atom stereocenters. The van der Waals surface area contributed by atoms with Gasteiger partial charge in [-0.05, 0) is 33.4 Å². The molecule has 1 saturated carbocycles. The summed E-state index contributed by atoms with van der Waals surface area (Å²) < 4.78 is 0. The van der Waals surface area contributed by atoms with Crippen LogP contribution in [0.4, 0.5) is 0 Å². The molecule has 0 amide bonds. The van der Waals surface area contributed by atoms with E-state index in [1.54, 1.807) is 0 Å². The zero-order valence-electron chi connectivity index (χ0n) is 9.92. The molecule has 1 fully saturated rings. The number of likely N-dealkylation sites (N-methyl/N-ethyl adjacent to an activating group) is 1. The molecule has 0 aromatic rings. The van der Waals surface area contributed by atoms with Gasteiger partial charge in [0.25, 0.3) is 0 Å². The first-order chi connectivity index (χ1) is 6.63. The Bertz CT molecular complexity index is 160. The van der Waals surface area contributed by atoms with Gasteiger partial charge in [0.05, 0.1) is 6.10 Å². The molecular formula is C12H25NO. The molecule has 0 aliphatic heterocycles. The van der Waals surface area contributed by atoms with E-state index in [9.17, 15) is 5.11 Å². The molecule has 2 nitrogen and oxygen atoms in total. The third-order valence-corrected chi connectivity index (χ3v) is 3.87. The summed E-state index contributed by atoms with van der Waals surface area (Å²) in [7, 11) is 4.23. The van der Waals surface area contributed by atoms with Crippen molar-refractivity contribution in [2.24, 2.45) is 0 Å². The zero-order valence-corrected chi connectivity index (χ0v) is 9.92. The Balaban J connectivity index is 2.77. The van der Waals surface area contributed by atoms with Gasteiger partial charge in [-0.3, -0.25) is 0 Å². The Hall–Kier alpha value is -0.0800. The summed E-state index contributed by atoms with van der Waals surface area (Å²) in [6, 6.07) is 0. The Kier molecular flexibility index (Phi) is 4.39. The summed E-state index contributed by atoms with van der Waals surface area (Å²) in [6.45, 7) is 2.08. The van der Waals surface area contributed by atoms with Crippen LogP contribution >= 0.6 is 0 Å². The first kappa shape index (κ1) is 12.0. The van der Waals surface area contributed by atoms with E-state index < -0.39 is 0 Å². The minimum Gasteiger partial charge on any atom is -0.391 e. The van der Waals surface area contributed by atoms with Crippen molar-refractivity contribution in [1.29, 1.82) is 0 Å². The highest BCUT2D eigenvalue weighted by Crippen LogP contribution is 2.34. The van der Waals surface area contributed by atoms with Crippen molar-refractivity contribution in [1.82, 2.24) is 4.90 Å². The lowest BCUT2D eigenvalue weighted by molar-refractivity contribution is -0.0196. The van der Waals surface area contributed by atoms with Crippen LogP contribution in [0.1, 0.15) is 51.9 Å². The number of nitrogens with zero attached hydrogens (tertiary/aromatic N) is 1. The Morgan fingerprint density at radius 1 is 1.14 bits per heavy atom. The van der Waals surface area contributed by atoms with Crippen LogP contribution < -0.4 is 0 Å². The number of hydrogen-bond donors (Lipinski definition) is 1. The normalized spacial score (nSPS) is 24.6. The van der Waals surface area contributed by atoms with Gasteiger partial charge in [-0.2, -0.15) is 0 Å². The average Bonchev–Trinajstić information content (AvgIpc) is 2.42. The van der Waals surface area contributed by atoms with Crippen LogP contribution in [-0.4, -0.2) is 35.7 Å². The van der Waals surface area contributed by atoms with Crippen LogP contribution in [0.15, 0.2) is 0 Å². The highest BCUT2D eigenvalue weighted by molar-refractivity contribution is 4.95. The third-order valence-electron chi connectivity index (χ3n) is 3.87. The second kappa shape index (κ2) is 5.13. The molecule has 0 radical (unpaired) electrons. The van der Waals surface area contributed by atoms with Crippen LogP contribution in [0.5, 0.6) is 0 Å². The predicted molar refractivity (Wildman–Crippen MR) is 60.4 cm³/mol. The first-order valence-corrected chi connectivity index (χ1v) is 5.99. The summed E-state index contributed by atoms with van der Waals surface area (Å²) in [5.74, 6) is 0. The topological polar surface area (TPSA) is 23.5 Å². The standard InChI is InChI=1S/C12H25NO/c1-4-11(14)12(13(2)3)9-7-5-6-8-10-12/h11,14H,4-10H2,1-3H3. The quantitative estimate of drug-likeness (QED) is 0.706. The summed E-state index contributed by atoms with van der Waals surface area (Å²) in [6.07, 6.45) is 8.26. The monoisotopic (exact) mass is 199 g/mol. The summed E-state index contributed by atoms with van der Waals surface area (Å²) in [4.78, 5) is 2.26. The lowest BCUT2D eigenvalue weighted by Crippen LogP contribution is -2.53. The van der Waals surface area contributed by atoms with Gasteiger partial charge in [0, 0.05) is 5.54 Å².